The van der Waals surface area contributed by atoms with Crippen molar-refractivity contribution in [1.29, 1.82) is 0 Å². The molecule has 13 nitrogen and oxygen atoms in total. The van der Waals surface area contributed by atoms with Crippen LogP contribution in [0.4, 0.5) is 5.69 Å². The van der Waals surface area contributed by atoms with Gasteiger partial charge in [0.25, 0.3) is 11.8 Å². The number of ether oxygens (including phenoxy) is 1. The molecular weight excluding hydrogens is 847 g/mol. The molecule has 0 saturated heterocycles. The zero-order valence-electron chi connectivity index (χ0n) is 20.4. The number of esters is 1. The van der Waals surface area contributed by atoms with Gasteiger partial charge in [-0.05, 0) is 81.6 Å². The first kappa shape index (κ1) is 34.7. The van der Waals surface area contributed by atoms with Gasteiger partial charge in [-0.3, -0.25) is 9.59 Å². The summed E-state index contributed by atoms with van der Waals surface area (Å²) in [6, 6.07) is 0. The SMILES string of the molecule is C=C(C)C(=O)ON(CC(=O)OCC)c1c(I)c(C(=O)NCC(O)CO)c(I)c(C(=O)NCC(O)CO)c1I. The fourth-order valence-electron chi connectivity index (χ4n) is 2.65. The smallest absolute Gasteiger partial charge is 0.358 e. The van der Waals surface area contributed by atoms with E-state index in [2.05, 4.69) is 17.2 Å². The van der Waals surface area contributed by atoms with Crippen LogP contribution in [0.25, 0.3) is 0 Å². The van der Waals surface area contributed by atoms with E-state index in [1.807, 2.05) is 0 Å². The number of aliphatic hydroxyl groups excluding tert-OH is 4. The molecule has 0 heterocycles. The number of carbonyl (C=O) groups is 4. The lowest BCUT2D eigenvalue weighted by atomic mass is 10.1. The molecule has 212 valence electrons. The molecule has 0 bridgehead atoms. The van der Waals surface area contributed by atoms with Crippen LogP contribution in [0.15, 0.2) is 12.2 Å². The molecule has 0 radical (unpaired) electrons. The number of hydrogen-bond donors (Lipinski definition) is 6. The molecular formula is C22H28I3N3O10. The average molecular weight is 875 g/mol. The van der Waals surface area contributed by atoms with Crippen LogP contribution in [-0.2, 0) is 19.2 Å². The predicted molar refractivity (Wildman–Crippen MR) is 160 cm³/mol. The number of anilines is 1. The number of nitrogens with zero attached hydrogens (tertiary/aromatic N) is 1. The second-order valence-corrected chi connectivity index (χ2v) is 10.9. The van der Waals surface area contributed by atoms with E-state index in [0.717, 1.165) is 5.06 Å². The molecule has 0 spiro atoms. The number of rotatable bonds is 14. The zero-order chi connectivity index (χ0) is 29.2. The van der Waals surface area contributed by atoms with Crippen LogP contribution in [0, 0.1) is 10.7 Å². The maximum Gasteiger partial charge on any atom is 0.358 e. The van der Waals surface area contributed by atoms with Gasteiger partial charge in [0, 0.05) is 22.2 Å². The number of hydroxylamine groups is 1. The Kier molecular flexibility index (Phi) is 15.2. The van der Waals surface area contributed by atoms with Crippen LogP contribution in [-0.4, -0.2) is 95.8 Å². The van der Waals surface area contributed by atoms with Crippen LogP contribution in [0.5, 0.6) is 0 Å². The van der Waals surface area contributed by atoms with Gasteiger partial charge in [-0.25, -0.2) is 9.59 Å². The Hall–Kier alpha value is -1.33. The topological polar surface area (TPSA) is 195 Å². The van der Waals surface area contributed by atoms with Crippen molar-refractivity contribution in [2.24, 2.45) is 0 Å². The number of aliphatic hydroxyl groups is 4. The molecule has 0 aliphatic rings. The van der Waals surface area contributed by atoms with Gasteiger partial charge in [-0.1, -0.05) is 6.58 Å². The molecule has 2 unspecified atom stereocenters. The van der Waals surface area contributed by atoms with E-state index in [-0.39, 0.29) is 52.8 Å². The van der Waals surface area contributed by atoms with Crippen LogP contribution in [0.2, 0.25) is 0 Å². The highest BCUT2D eigenvalue weighted by atomic mass is 127. The van der Waals surface area contributed by atoms with Gasteiger partial charge in [-0.15, -0.1) is 0 Å². The fraction of sp³-hybridized carbons (Fsp3) is 0.455. The van der Waals surface area contributed by atoms with Crippen LogP contribution in [0.3, 0.4) is 0 Å². The third-order valence-corrected chi connectivity index (χ3v) is 7.71. The lowest BCUT2D eigenvalue weighted by Crippen LogP contribution is -2.39. The highest BCUT2D eigenvalue weighted by Gasteiger charge is 2.33. The standard InChI is InChI=1S/C22H28I3N3O10/c1-4-37-13(33)7-28(38-22(36)10(2)3)19-17(24)14(20(34)26-5-11(31)8-29)16(23)15(18(19)25)21(35)27-6-12(32)9-30/h11-12,29-32H,2,4-9H2,1,3H3,(H,26,34)(H,27,35). The number of amides is 2. The number of benzene rings is 1. The average Bonchev–Trinajstić information content (AvgIpc) is 2.85. The summed E-state index contributed by atoms with van der Waals surface area (Å²) < 4.78 is 5.55. The lowest BCUT2D eigenvalue weighted by molar-refractivity contribution is -0.146. The Morgan fingerprint density at radius 1 is 0.921 bits per heavy atom. The van der Waals surface area contributed by atoms with Crippen molar-refractivity contribution >= 4 is 97.2 Å². The zero-order valence-corrected chi connectivity index (χ0v) is 26.9. The molecule has 1 aromatic rings. The van der Waals surface area contributed by atoms with Crippen molar-refractivity contribution in [3.8, 4) is 0 Å². The van der Waals surface area contributed by atoms with Gasteiger partial charge in [0.15, 0.2) is 6.54 Å². The molecule has 38 heavy (non-hydrogen) atoms. The Morgan fingerprint density at radius 2 is 1.37 bits per heavy atom. The molecule has 0 saturated carbocycles. The van der Waals surface area contributed by atoms with Gasteiger partial charge < -0.3 is 40.6 Å². The fourth-order valence-corrected chi connectivity index (χ4v) is 7.34. The maximum atomic E-state index is 13.2. The van der Waals surface area contributed by atoms with E-state index in [4.69, 9.17) is 19.8 Å². The minimum absolute atomic E-state index is 0.0151. The van der Waals surface area contributed by atoms with E-state index >= 15 is 0 Å². The first-order chi connectivity index (χ1) is 17.8. The maximum absolute atomic E-state index is 13.2. The summed E-state index contributed by atoms with van der Waals surface area (Å²) in [5, 5.41) is 43.3. The molecule has 0 aliphatic heterocycles. The second kappa shape index (κ2) is 16.7. The summed E-state index contributed by atoms with van der Waals surface area (Å²) in [6.07, 6.45) is -2.48. The first-order valence-corrected chi connectivity index (χ1v) is 14.2. The molecule has 0 aromatic heterocycles. The monoisotopic (exact) mass is 875 g/mol. The van der Waals surface area contributed by atoms with Crippen molar-refractivity contribution in [2.75, 3.05) is 44.5 Å². The molecule has 6 N–H and O–H groups in total. The Bertz CT molecular complexity index is 1020. The van der Waals surface area contributed by atoms with E-state index in [1.54, 1.807) is 74.7 Å². The second-order valence-electron chi connectivity index (χ2n) is 7.63. The van der Waals surface area contributed by atoms with Gasteiger partial charge in [-0.2, -0.15) is 5.06 Å². The van der Waals surface area contributed by atoms with Crippen molar-refractivity contribution in [1.82, 2.24) is 10.6 Å². The molecule has 1 aromatic carbocycles. The summed E-state index contributed by atoms with van der Waals surface area (Å²) in [6.45, 7) is 4.17. The minimum atomic E-state index is -1.24. The third-order valence-electron chi connectivity index (χ3n) is 4.53. The summed E-state index contributed by atoms with van der Waals surface area (Å²) in [5.74, 6) is -3.10. The molecule has 1 rings (SSSR count). The Morgan fingerprint density at radius 3 is 1.74 bits per heavy atom. The van der Waals surface area contributed by atoms with Gasteiger partial charge >= 0.3 is 11.9 Å². The summed E-state index contributed by atoms with van der Waals surface area (Å²) in [5.41, 5.74) is -0.0454. The quantitative estimate of drug-likeness (QED) is 0.0642. The van der Waals surface area contributed by atoms with Crippen molar-refractivity contribution in [3.63, 3.8) is 0 Å². The predicted octanol–water partition coefficient (Wildman–Crippen LogP) is 0.0702. The van der Waals surface area contributed by atoms with Gasteiger partial charge in [0.1, 0.15) is 5.69 Å². The van der Waals surface area contributed by atoms with E-state index in [9.17, 15) is 29.4 Å². The normalized spacial score (nSPS) is 12.2. The van der Waals surface area contributed by atoms with Crippen molar-refractivity contribution in [2.45, 2.75) is 26.1 Å². The third kappa shape index (κ3) is 9.70. The summed E-state index contributed by atoms with van der Waals surface area (Å²) in [7, 11) is 0. The highest BCUT2D eigenvalue weighted by Crippen LogP contribution is 2.38. The Labute approximate surface area is 259 Å². The number of nitrogens with one attached hydrogen (secondary N) is 2. The number of halogens is 3. The largest absolute Gasteiger partial charge is 0.465 e. The van der Waals surface area contributed by atoms with E-state index < -0.39 is 55.7 Å². The van der Waals surface area contributed by atoms with Gasteiger partial charge in [0.05, 0.1) is 50.3 Å². The first-order valence-electron chi connectivity index (χ1n) is 11.0. The molecule has 0 fully saturated rings. The van der Waals surface area contributed by atoms with Gasteiger partial charge in [0.2, 0.25) is 0 Å². The molecule has 16 heteroatoms. The number of hydrogen-bond acceptors (Lipinski definition) is 11. The van der Waals surface area contributed by atoms with Crippen molar-refractivity contribution < 1.29 is 49.2 Å². The van der Waals surface area contributed by atoms with E-state index in [0.29, 0.717) is 0 Å². The van der Waals surface area contributed by atoms with Crippen LogP contribution >= 0.6 is 67.8 Å². The molecule has 2 amide bonds. The van der Waals surface area contributed by atoms with Crippen LogP contribution < -0.4 is 15.7 Å². The summed E-state index contributed by atoms with van der Waals surface area (Å²) in [4.78, 5) is 56.6. The van der Waals surface area contributed by atoms with Crippen LogP contribution in [0.1, 0.15) is 34.6 Å². The molecule has 2 atom stereocenters. The van der Waals surface area contributed by atoms with Crippen molar-refractivity contribution in [3.05, 3.63) is 34.0 Å². The number of carbonyl (C=O) groups excluding carboxylic acids is 4. The summed E-state index contributed by atoms with van der Waals surface area (Å²) >= 11 is 5.39. The highest BCUT2D eigenvalue weighted by molar-refractivity contribution is 14.1. The van der Waals surface area contributed by atoms with E-state index in [1.165, 1.54) is 6.92 Å². The molecule has 0 aliphatic carbocycles. The Balaban J connectivity index is 3.83. The minimum Gasteiger partial charge on any atom is -0.465 e. The lowest BCUT2D eigenvalue weighted by Gasteiger charge is -2.27.